The summed E-state index contributed by atoms with van der Waals surface area (Å²) in [6.45, 7) is 2.05. The summed E-state index contributed by atoms with van der Waals surface area (Å²) in [6.07, 6.45) is 2.54. The molecule has 0 radical (unpaired) electrons. The van der Waals surface area contributed by atoms with Crippen molar-refractivity contribution in [2.45, 2.75) is 19.2 Å². The maximum absolute atomic E-state index is 6.08. The fraction of sp³-hybridized carbons (Fsp3) is 0.214. The lowest BCUT2D eigenvalue weighted by atomic mass is 10.1. The number of pyridine rings is 1. The predicted octanol–water partition coefficient (Wildman–Crippen LogP) is 5.59. The molecule has 2 nitrogen and oxygen atoms in total. The zero-order valence-corrected chi connectivity index (χ0v) is 13.4. The molecular formula is C14H12BrCl2NO. The van der Waals surface area contributed by atoms with E-state index in [-0.39, 0.29) is 0 Å². The number of hydrogen-bond acceptors (Lipinski definition) is 2. The summed E-state index contributed by atoms with van der Waals surface area (Å²) >= 11 is 15.3. The Balaban J connectivity index is 2.30. The molecule has 1 aromatic heterocycles. The van der Waals surface area contributed by atoms with Crippen molar-refractivity contribution in [3.63, 3.8) is 0 Å². The van der Waals surface area contributed by atoms with Gasteiger partial charge in [-0.25, -0.2) is 4.98 Å². The van der Waals surface area contributed by atoms with Crippen molar-refractivity contribution in [1.29, 1.82) is 0 Å². The third-order valence-corrected chi connectivity index (χ3v) is 3.74. The van der Waals surface area contributed by atoms with Crippen LogP contribution in [-0.2, 0) is 12.3 Å². The summed E-state index contributed by atoms with van der Waals surface area (Å²) in [5.41, 5.74) is 1.88. The summed E-state index contributed by atoms with van der Waals surface area (Å²) in [4.78, 5) is 4.24. The summed E-state index contributed by atoms with van der Waals surface area (Å²) in [5.74, 6) is 1.57. The number of benzene rings is 1. The number of rotatable bonds is 4. The van der Waals surface area contributed by atoms with Crippen LogP contribution in [0.1, 0.15) is 18.1 Å². The van der Waals surface area contributed by atoms with Crippen LogP contribution in [0, 0.1) is 0 Å². The highest BCUT2D eigenvalue weighted by Gasteiger charge is 2.08. The Bertz CT molecular complexity index is 590. The van der Waals surface area contributed by atoms with Gasteiger partial charge in [0.05, 0.1) is 5.88 Å². The molecule has 0 N–H and O–H groups in total. The van der Waals surface area contributed by atoms with Crippen molar-refractivity contribution in [3.8, 4) is 11.6 Å². The fourth-order valence-electron chi connectivity index (χ4n) is 1.65. The Hall–Kier alpha value is -0.770. The third-order valence-electron chi connectivity index (χ3n) is 2.65. The molecule has 100 valence electrons. The average molecular weight is 361 g/mol. The summed E-state index contributed by atoms with van der Waals surface area (Å²) in [6, 6.07) is 7.47. The highest BCUT2D eigenvalue weighted by atomic mass is 79.9. The maximum Gasteiger partial charge on any atom is 0.223 e. The Morgan fingerprint density at radius 3 is 2.74 bits per heavy atom. The summed E-state index contributed by atoms with van der Waals surface area (Å²) < 4.78 is 6.65. The molecule has 0 aliphatic heterocycles. The number of hydrogen-bond donors (Lipinski definition) is 0. The molecule has 0 bridgehead atoms. The van der Waals surface area contributed by atoms with Crippen LogP contribution in [0.3, 0.4) is 0 Å². The molecule has 1 aromatic carbocycles. The zero-order valence-electron chi connectivity index (χ0n) is 10.3. The quantitative estimate of drug-likeness (QED) is 0.663. The second-order valence-corrected chi connectivity index (χ2v) is 5.55. The Labute approximate surface area is 130 Å². The first-order chi connectivity index (χ1) is 9.13. The molecule has 19 heavy (non-hydrogen) atoms. The Morgan fingerprint density at radius 2 is 2.05 bits per heavy atom. The van der Waals surface area contributed by atoms with Gasteiger partial charge in [-0.1, -0.05) is 18.5 Å². The van der Waals surface area contributed by atoms with Gasteiger partial charge in [0, 0.05) is 21.3 Å². The first-order valence-corrected chi connectivity index (χ1v) is 7.51. The van der Waals surface area contributed by atoms with Gasteiger partial charge in [0.25, 0.3) is 0 Å². The molecule has 0 fully saturated rings. The van der Waals surface area contributed by atoms with E-state index in [1.807, 2.05) is 31.2 Å². The first kappa shape index (κ1) is 14.6. The Morgan fingerprint density at radius 1 is 1.26 bits per heavy atom. The van der Waals surface area contributed by atoms with Crippen LogP contribution in [0.2, 0.25) is 5.02 Å². The number of alkyl halides is 1. The molecule has 0 atom stereocenters. The largest absolute Gasteiger partial charge is 0.439 e. The van der Waals surface area contributed by atoms with E-state index in [2.05, 4.69) is 20.9 Å². The van der Waals surface area contributed by atoms with Gasteiger partial charge in [-0.3, -0.25) is 0 Å². The van der Waals surface area contributed by atoms with Crippen LogP contribution in [0.4, 0.5) is 0 Å². The summed E-state index contributed by atoms with van der Waals surface area (Å²) in [5, 5.41) is 0.746. The van der Waals surface area contributed by atoms with Gasteiger partial charge >= 0.3 is 0 Å². The number of nitrogens with zero attached hydrogens (tertiary/aromatic N) is 1. The lowest BCUT2D eigenvalue weighted by Crippen LogP contribution is -1.94. The third kappa shape index (κ3) is 3.62. The van der Waals surface area contributed by atoms with E-state index >= 15 is 0 Å². The van der Waals surface area contributed by atoms with Gasteiger partial charge in [0.1, 0.15) is 5.75 Å². The van der Waals surface area contributed by atoms with Gasteiger partial charge in [0.15, 0.2) is 0 Å². The smallest absolute Gasteiger partial charge is 0.223 e. The molecule has 0 saturated carbocycles. The van der Waals surface area contributed by atoms with E-state index in [1.165, 1.54) is 0 Å². The molecule has 2 rings (SSSR count). The topological polar surface area (TPSA) is 22.1 Å². The monoisotopic (exact) mass is 359 g/mol. The van der Waals surface area contributed by atoms with Crippen LogP contribution in [0.5, 0.6) is 11.6 Å². The molecule has 0 unspecified atom stereocenters. The van der Waals surface area contributed by atoms with Crippen LogP contribution in [-0.4, -0.2) is 4.98 Å². The van der Waals surface area contributed by atoms with E-state index in [4.69, 9.17) is 27.9 Å². The highest BCUT2D eigenvalue weighted by molar-refractivity contribution is 9.10. The van der Waals surface area contributed by atoms with Crippen LogP contribution >= 0.6 is 39.1 Å². The first-order valence-electron chi connectivity index (χ1n) is 5.80. The molecule has 0 amide bonds. The van der Waals surface area contributed by atoms with Crippen LogP contribution in [0.15, 0.2) is 34.9 Å². The molecular weight excluding hydrogens is 349 g/mol. The lowest BCUT2D eigenvalue weighted by Gasteiger charge is -2.10. The van der Waals surface area contributed by atoms with E-state index in [0.717, 1.165) is 27.0 Å². The molecule has 5 heteroatoms. The molecule has 0 aliphatic carbocycles. The minimum atomic E-state index is 0.343. The lowest BCUT2D eigenvalue weighted by molar-refractivity contribution is 0.457. The molecule has 0 spiro atoms. The average Bonchev–Trinajstić information content (AvgIpc) is 2.42. The van der Waals surface area contributed by atoms with Crippen molar-refractivity contribution in [2.75, 3.05) is 0 Å². The minimum absolute atomic E-state index is 0.343. The molecule has 0 aliphatic rings. The van der Waals surface area contributed by atoms with Crippen LogP contribution in [0.25, 0.3) is 0 Å². The molecule has 0 saturated heterocycles. The zero-order chi connectivity index (χ0) is 13.8. The minimum Gasteiger partial charge on any atom is -0.439 e. The van der Waals surface area contributed by atoms with Gasteiger partial charge < -0.3 is 4.74 Å². The predicted molar refractivity (Wildman–Crippen MR) is 82.4 cm³/mol. The number of aromatic nitrogens is 1. The number of ether oxygens (including phenoxy) is 1. The van der Waals surface area contributed by atoms with Crippen molar-refractivity contribution < 1.29 is 4.74 Å². The van der Waals surface area contributed by atoms with E-state index in [9.17, 15) is 0 Å². The van der Waals surface area contributed by atoms with Crippen molar-refractivity contribution in [3.05, 3.63) is 51.1 Å². The van der Waals surface area contributed by atoms with Gasteiger partial charge in [-0.15, -0.1) is 11.6 Å². The van der Waals surface area contributed by atoms with Crippen LogP contribution < -0.4 is 4.74 Å². The number of aryl methyl sites for hydroxylation is 1. The van der Waals surface area contributed by atoms with Gasteiger partial charge in [-0.05, 0) is 52.2 Å². The summed E-state index contributed by atoms with van der Waals surface area (Å²) in [7, 11) is 0. The normalized spacial score (nSPS) is 10.5. The standard InChI is InChI=1S/C14H12BrCl2NO/c1-2-9-6-12(3-4-13(9)17)19-14-10(7-16)5-11(15)8-18-14/h3-6,8H,2,7H2,1H3. The van der Waals surface area contributed by atoms with Crippen molar-refractivity contribution in [2.24, 2.45) is 0 Å². The van der Waals surface area contributed by atoms with E-state index in [0.29, 0.717) is 17.5 Å². The van der Waals surface area contributed by atoms with E-state index in [1.54, 1.807) is 6.20 Å². The van der Waals surface area contributed by atoms with Gasteiger partial charge in [-0.2, -0.15) is 0 Å². The Kier molecular flexibility index (Phi) is 5.08. The SMILES string of the molecule is CCc1cc(Oc2ncc(Br)cc2CCl)ccc1Cl. The maximum atomic E-state index is 6.08. The second kappa shape index (κ2) is 6.60. The van der Waals surface area contributed by atoms with Gasteiger partial charge in [0.2, 0.25) is 5.88 Å². The highest BCUT2D eigenvalue weighted by Crippen LogP contribution is 2.29. The molecule has 2 aromatic rings. The fourth-order valence-corrected chi connectivity index (χ4v) is 2.47. The van der Waals surface area contributed by atoms with Crippen molar-refractivity contribution >= 4 is 39.1 Å². The van der Waals surface area contributed by atoms with E-state index < -0.39 is 0 Å². The number of halogens is 3. The molecule has 1 heterocycles. The van der Waals surface area contributed by atoms with Crippen molar-refractivity contribution in [1.82, 2.24) is 4.98 Å². The second-order valence-electron chi connectivity index (χ2n) is 3.96.